The van der Waals surface area contributed by atoms with Crippen LogP contribution >= 0.6 is 0 Å². The molecule has 2 N–H and O–H groups in total. The summed E-state index contributed by atoms with van der Waals surface area (Å²) in [4.78, 5) is 11.5. The van der Waals surface area contributed by atoms with Crippen LogP contribution in [0.1, 0.15) is 47.5 Å². The van der Waals surface area contributed by atoms with E-state index in [1.807, 2.05) is 20.8 Å². The van der Waals surface area contributed by atoms with Gasteiger partial charge in [0.05, 0.1) is 12.6 Å². The SMILES string of the molecule is CC(C)OCCCCNCC(=O)NC(C)C(C)C. The monoisotopic (exact) mass is 258 g/mol. The van der Waals surface area contributed by atoms with Gasteiger partial charge in [-0.1, -0.05) is 13.8 Å². The zero-order chi connectivity index (χ0) is 14.0. The van der Waals surface area contributed by atoms with E-state index in [0.29, 0.717) is 18.6 Å². The lowest BCUT2D eigenvalue weighted by Crippen LogP contribution is -2.41. The molecule has 0 spiro atoms. The van der Waals surface area contributed by atoms with Gasteiger partial charge in [0.25, 0.3) is 0 Å². The molecule has 4 nitrogen and oxygen atoms in total. The Morgan fingerprint density at radius 1 is 1.11 bits per heavy atom. The zero-order valence-corrected chi connectivity index (χ0v) is 12.6. The second-order valence-electron chi connectivity index (χ2n) is 5.40. The van der Waals surface area contributed by atoms with Crippen LogP contribution in [0.2, 0.25) is 0 Å². The molecule has 0 bridgehead atoms. The van der Waals surface area contributed by atoms with Crippen molar-refractivity contribution in [2.45, 2.75) is 59.6 Å². The molecule has 0 heterocycles. The predicted molar refractivity (Wildman–Crippen MR) is 75.6 cm³/mol. The van der Waals surface area contributed by atoms with Gasteiger partial charge in [-0.25, -0.2) is 0 Å². The van der Waals surface area contributed by atoms with Gasteiger partial charge in [-0.05, 0) is 46.1 Å². The summed E-state index contributed by atoms with van der Waals surface area (Å²) in [5, 5.41) is 6.12. The molecule has 0 saturated heterocycles. The minimum atomic E-state index is 0.0784. The van der Waals surface area contributed by atoms with Crippen LogP contribution in [0, 0.1) is 5.92 Å². The summed E-state index contributed by atoms with van der Waals surface area (Å²) in [7, 11) is 0. The van der Waals surface area contributed by atoms with Gasteiger partial charge in [-0.3, -0.25) is 4.79 Å². The summed E-state index contributed by atoms with van der Waals surface area (Å²) in [6, 6.07) is 0.235. The Bertz CT molecular complexity index is 218. The molecule has 1 unspecified atom stereocenters. The fraction of sp³-hybridized carbons (Fsp3) is 0.929. The number of nitrogens with one attached hydrogen (secondary N) is 2. The highest BCUT2D eigenvalue weighted by molar-refractivity contribution is 5.78. The Hall–Kier alpha value is -0.610. The van der Waals surface area contributed by atoms with Gasteiger partial charge >= 0.3 is 0 Å². The van der Waals surface area contributed by atoms with Gasteiger partial charge in [0.2, 0.25) is 5.91 Å². The number of carbonyl (C=O) groups excluding carboxylic acids is 1. The van der Waals surface area contributed by atoms with Crippen LogP contribution in [0.25, 0.3) is 0 Å². The van der Waals surface area contributed by atoms with Crippen molar-refractivity contribution in [1.82, 2.24) is 10.6 Å². The van der Waals surface area contributed by atoms with E-state index in [4.69, 9.17) is 4.74 Å². The van der Waals surface area contributed by atoms with E-state index >= 15 is 0 Å². The highest BCUT2D eigenvalue weighted by Gasteiger charge is 2.09. The molecule has 0 saturated carbocycles. The first-order valence-corrected chi connectivity index (χ1v) is 7.05. The third-order valence-corrected chi connectivity index (χ3v) is 2.87. The minimum absolute atomic E-state index is 0.0784. The maximum atomic E-state index is 11.5. The van der Waals surface area contributed by atoms with E-state index in [0.717, 1.165) is 26.0 Å². The number of carbonyl (C=O) groups is 1. The van der Waals surface area contributed by atoms with Crippen molar-refractivity contribution in [2.24, 2.45) is 5.92 Å². The molecule has 0 aromatic rings. The van der Waals surface area contributed by atoms with Gasteiger partial charge in [0.1, 0.15) is 0 Å². The van der Waals surface area contributed by atoms with Crippen molar-refractivity contribution < 1.29 is 9.53 Å². The molecule has 18 heavy (non-hydrogen) atoms. The quantitative estimate of drug-likeness (QED) is 0.589. The van der Waals surface area contributed by atoms with Crippen molar-refractivity contribution in [2.75, 3.05) is 19.7 Å². The summed E-state index contributed by atoms with van der Waals surface area (Å²) < 4.78 is 5.44. The molecule has 0 aliphatic rings. The number of amides is 1. The molecule has 0 aliphatic carbocycles. The lowest BCUT2D eigenvalue weighted by Gasteiger charge is -2.17. The first kappa shape index (κ1) is 17.4. The molecule has 0 rings (SSSR count). The van der Waals surface area contributed by atoms with Crippen LogP contribution in [0.15, 0.2) is 0 Å². The summed E-state index contributed by atoms with van der Waals surface area (Å²) in [5.41, 5.74) is 0. The minimum Gasteiger partial charge on any atom is -0.379 e. The third-order valence-electron chi connectivity index (χ3n) is 2.87. The zero-order valence-electron chi connectivity index (χ0n) is 12.6. The second kappa shape index (κ2) is 10.3. The lowest BCUT2D eigenvalue weighted by molar-refractivity contribution is -0.121. The fourth-order valence-electron chi connectivity index (χ4n) is 1.34. The molecule has 1 atom stereocenters. The van der Waals surface area contributed by atoms with E-state index in [-0.39, 0.29) is 11.9 Å². The van der Waals surface area contributed by atoms with Crippen LogP contribution in [0.3, 0.4) is 0 Å². The number of rotatable bonds is 10. The van der Waals surface area contributed by atoms with Gasteiger partial charge in [0.15, 0.2) is 0 Å². The standard InChI is InChI=1S/C14H30N2O2/c1-11(2)13(5)16-14(17)10-15-8-6-7-9-18-12(3)4/h11-13,15H,6-10H2,1-5H3,(H,16,17). The maximum absolute atomic E-state index is 11.5. The van der Waals surface area contributed by atoms with Crippen molar-refractivity contribution in [3.63, 3.8) is 0 Å². The Morgan fingerprint density at radius 2 is 1.78 bits per heavy atom. The van der Waals surface area contributed by atoms with Crippen LogP contribution in [-0.4, -0.2) is 37.7 Å². The Labute approximate surface area is 112 Å². The highest BCUT2D eigenvalue weighted by atomic mass is 16.5. The summed E-state index contributed by atoms with van der Waals surface area (Å²) in [5.74, 6) is 0.553. The number of hydrogen-bond acceptors (Lipinski definition) is 3. The van der Waals surface area contributed by atoms with E-state index in [1.165, 1.54) is 0 Å². The molecule has 4 heteroatoms. The van der Waals surface area contributed by atoms with Gasteiger partial charge in [-0.15, -0.1) is 0 Å². The molecule has 0 aliphatic heterocycles. The predicted octanol–water partition coefficient (Wildman–Crippen LogP) is 1.94. The van der Waals surface area contributed by atoms with Crippen LogP contribution < -0.4 is 10.6 Å². The van der Waals surface area contributed by atoms with Gasteiger partial charge in [-0.2, -0.15) is 0 Å². The average molecular weight is 258 g/mol. The molecule has 0 aromatic carbocycles. The molecule has 108 valence electrons. The molecule has 1 amide bonds. The summed E-state index contributed by atoms with van der Waals surface area (Å²) in [6.45, 7) is 12.4. The topological polar surface area (TPSA) is 50.4 Å². The Balaban J connectivity index is 3.36. The Morgan fingerprint density at radius 3 is 2.33 bits per heavy atom. The normalized spacial score (nSPS) is 13.1. The maximum Gasteiger partial charge on any atom is 0.234 e. The second-order valence-corrected chi connectivity index (χ2v) is 5.40. The number of ether oxygens (including phenoxy) is 1. The molecular weight excluding hydrogens is 228 g/mol. The molecule has 0 radical (unpaired) electrons. The molecular formula is C14H30N2O2. The van der Waals surface area contributed by atoms with Crippen LogP contribution in [0.5, 0.6) is 0 Å². The largest absolute Gasteiger partial charge is 0.379 e. The van der Waals surface area contributed by atoms with Gasteiger partial charge in [0, 0.05) is 12.6 Å². The summed E-state index contributed by atoms with van der Waals surface area (Å²) in [6.07, 6.45) is 2.39. The van der Waals surface area contributed by atoms with Crippen LogP contribution in [0.4, 0.5) is 0 Å². The van der Waals surface area contributed by atoms with E-state index < -0.39 is 0 Å². The first-order chi connectivity index (χ1) is 8.43. The van der Waals surface area contributed by atoms with Crippen LogP contribution in [-0.2, 0) is 9.53 Å². The van der Waals surface area contributed by atoms with Gasteiger partial charge < -0.3 is 15.4 Å². The van der Waals surface area contributed by atoms with E-state index in [9.17, 15) is 4.79 Å². The van der Waals surface area contributed by atoms with Crippen molar-refractivity contribution in [3.8, 4) is 0 Å². The van der Waals surface area contributed by atoms with Crippen molar-refractivity contribution in [1.29, 1.82) is 0 Å². The molecule has 0 aromatic heterocycles. The van der Waals surface area contributed by atoms with Crippen molar-refractivity contribution in [3.05, 3.63) is 0 Å². The lowest BCUT2D eigenvalue weighted by atomic mass is 10.1. The highest BCUT2D eigenvalue weighted by Crippen LogP contribution is 1.98. The summed E-state index contributed by atoms with van der Waals surface area (Å²) >= 11 is 0. The van der Waals surface area contributed by atoms with E-state index in [2.05, 4.69) is 24.5 Å². The van der Waals surface area contributed by atoms with E-state index in [1.54, 1.807) is 0 Å². The number of unbranched alkanes of at least 4 members (excludes halogenated alkanes) is 1. The fourth-order valence-corrected chi connectivity index (χ4v) is 1.34. The average Bonchev–Trinajstić information content (AvgIpc) is 2.27. The number of hydrogen-bond donors (Lipinski definition) is 2. The molecule has 0 fully saturated rings. The van der Waals surface area contributed by atoms with Crippen molar-refractivity contribution >= 4 is 5.91 Å². The third kappa shape index (κ3) is 10.5. The Kier molecular flexibility index (Phi) is 9.98. The first-order valence-electron chi connectivity index (χ1n) is 7.05. The smallest absolute Gasteiger partial charge is 0.234 e.